The Labute approximate surface area is 162 Å². The molecule has 0 aromatic heterocycles. The van der Waals surface area contributed by atoms with Crippen LogP contribution in [0.3, 0.4) is 0 Å². The first-order valence-electron chi connectivity index (χ1n) is 9.95. The molecule has 0 spiro atoms. The van der Waals surface area contributed by atoms with Gasteiger partial charge in [0.05, 0.1) is 12.0 Å². The largest absolute Gasteiger partial charge is 0.416 e. The van der Waals surface area contributed by atoms with Crippen LogP contribution in [0.1, 0.15) is 56.1 Å². The normalized spacial score (nSPS) is 30.9. The van der Waals surface area contributed by atoms with Crippen LogP contribution in [0.15, 0.2) is 24.3 Å². The van der Waals surface area contributed by atoms with Crippen LogP contribution in [0.5, 0.6) is 0 Å². The second kappa shape index (κ2) is 7.08. The molecule has 4 saturated carbocycles. The lowest BCUT2D eigenvalue weighted by molar-refractivity contribution is -0.137. The van der Waals surface area contributed by atoms with Crippen LogP contribution < -0.4 is 10.9 Å². The summed E-state index contributed by atoms with van der Waals surface area (Å²) in [5, 5.41) is 0. The molecule has 0 radical (unpaired) electrons. The van der Waals surface area contributed by atoms with E-state index >= 15 is 0 Å². The number of benzene rings is 1. The van der Waals surface area contributed by atoms with Crippen molar-refractivity contribution in [3.8, 4) is 0 Å². The number of hydrogen-bond acceptors (Lipinski definition) is 2. The molecule has 7 heteroatoms. The second-order valence-corrected chi connectivity index (χ2v) is 9.07. The number of rotatable bonds is 4. The zero-order valence-electron chi connectivity index (χ0n) is 15.6. The van der Waals surface area contributed by atoms with Crippen molar-refractivity contribution in [1.82, 2.24) is 10.9 Å². The number of carbonyl (C=O) groups is 2. The zero-order valence-corrected chi connectivity index (χ0v) is 15.6. The van der Waals surface area contributed by atoms with E-state index < -0.39 is 17.6 Å². The highest BCUT2D eigenvalue weighted by molar-refractivity contribution is 5.83. The summed E-state index contributed by atoms with van der Waals surface area (Å²) >= 11 is 0. The molecule has 152 valence electrons. The predicted octanol–water partition coefficient (Wildman–Crippen LogP) is 4.00. The Bertz CT molecular complexity index is 740. The number of hydrogen-bond donors (Lipinski definition) is 2. The Morgan fingerprint density at radius 3 is 2.11 bits per heavy atom. The molecule has 4 fully saturated rings. The predicted molar refractivity (Wildman–Crippen MR) is 96.7 cm³/mol. The van der Waals surface area contributed by atoms with Gasteiger partial charge in [0.25, 0.3) is 0 Å². The Hall–Kier alpha value is -2.05. The fraction of sp³-hybridized carbons (Fsp3) is 0.619. The van der Waals surface area contributed by atoms with Gasteiger partial charge in [0.2, 0.25) is 11.8 Å². The van der Waals surface area contributed by atoms with E-state index in [0.29, 0.717) is 6.42 Å². The van der Waals surface area contributed by atoms with Gasteiger partial charge in [0, 0.05) is 6.42 Å². The van der Waals surface area contributed by atoms with Crippen LogP contribution in [0.4, 0.5) is 13.2 Å². The van der Waals surface area contributed by atoms with Gasteiger partial charge in [0.15, 0.2) is 0 Å². The number of hydrazine groups is 1. The van der Waals surface area contributed by atoms with Crippen LogP contribution in [0, 0.1) is 23.2 Å². The molecule has 4 nitrogen and oxygen atoms in total. The van der Waals surface area contributed by atoms with E-state index in [2.05, 4.69) is 10.9 Å². The average Bonchev–Trinajstić information content (AvgIpc) is 2.58. The van der Waals surface area contributed by atoms with Gasteiger partial charge in [0.1, 0.15) is 0 Å². The molecule has 0 unspecified atom stereocenters. The van der Waals surface area contributed by atoms with Crippen LogP contribution in [-0.2, 0) is 22.2 Å². The molecule has 1 aromatic carbocycles. The number of nitrogens with one attached hydrogen (secondary N) is 2. The molecule has 4 aliphatic carbocycles. The van der Waals surface area contributed by atoms with E-state index in [1.165, 1.54) is 31.4 Å². The first kappa shape index (κ1) is 19.3. The number of alkyl halides is 3. The van der Waals surface area contributed by atoms with E-state index in [1.54, 1.807) is 0 Å². The van der Waals surface area contributed by atoms with Gasteiger partial charge in [-0.1, -0.05) is 18.2 Å². The van der Waals surface area contributed by atoms with Gasteiger partial charge in [-0.05, 0) is 73.3 Å². The second-order valence-electron chi connectivity index (χ2n) is 9.07. The maximum absolute atomic E-state index is 12.8. The first-order valence-corrected chi connectivity index (χ1v) is 9.95. The van der Waals surface area contributed by atoms with Gasteiger partial charge in [-0.3, -0.25) is 20.4 Å². The molecule has 5 rings (SSSR count). The standard InChI is InChI=1S/C21H25F3N2O2/c22-21(23,24)17-3-1-2-13(7-17)8-18(27)25-26-19(28)12-20-9-14-4-15(10-20)6-16(5-14)11-20/h1-3,7,14-16H,4-6,8-12H2,(H,25,27)(H,26,28). The highest BCUT2D eigenvalue weighted by Gasteiger charge is 2.51. The van der Waals surface area contributed by atoms with Crippen molar-refractivity contribution in [3.63, 3.8) is 0 Å². The van der Waals surface area contributed by atoms with E-state index in [9.17, 15) is 22.8 Å². The van der Waals surface area contributed by atoms with Crippen LogP contribution in [-0.4, -0.2) is 11.8 Å². The van der Waals surface area contributed by atoms with Crippen LogP contribution in [0.25, 0.3) is 0 Å². The Balaban J connectivity index is 1.28. The van der Waals surface area contributed by atoms with E-state index in [0.717, 1.165) is 49.1 Å². The SMILES string of the molecule is O=C(Cc1cccc(C(F)(F)F)c1)NNC(=O)CC12CC3CC(CC(C3)C1)C2. The van der Waals surface area contributed by atoms with E-state index in [4.69, 9.17) is 0 Å². The molecule has 4 bridgehead atoms. The molecule has 2 N–H and O–H groups in total. The van der Waals surface area contributed by atoms with E-state index in [-0.39, 0.29) is 23.3 Å². The van der Waals surface area contributed by atoms with Crippen molar-refractivity contribution in [1.29, 1.82) is 0 Å². The summed E-state index contributed by atoms with van der Waals surface area (Å²) < 4.78 is 38.3. The quantitative estimate of drug-likeness (QED) is 0.759. The van der Waals surface area contributed by atoms with E-state index in [1.807, 2.05) is 0 Å². The summed E-state index contributed by atoms with van der Waals surface area (Å²) in [6, 6.07) is 4.66. The van der Waals surface area contributed by atoms with Crippen molar-refractivity contribution in [2.75, 3.05) is 0 Å². The van der Waals surface area contributed by atoms with Crippen molar-refractivity contribution >= 4 is 11.8 Å². The van der Waals surface area contributed by atoms with Crippen LogP contribution in [0.2, 0.25) is 0 Å². The lowest BCUT2D eigenvalue weighted by Crippen LogP contribution is -2.50. The summed E-state index contributed by atoms with van der Waals surface area (Å²) in [6.45, 7) is 0. The number of carbonyl (C=O) groups excluding carboxylic acids is 2. The molecular weight excluding hydrogens is 369 g/mol. The van der Waals surface area contributed by atoms with Gasteiger partial charge >= 0.3 is 6.18 Å². The fourth-order valence-corrected chi connectivity index (χ4v) is 6.12. The van der Waals surface area contributed by atoms with Crippen molar-refractivity contribution < 1.29 is 22.8 Å². The number of amides is 2. The average molecular weight is 394 g/mol. The van der Waals surface area contributed by atoms with Gasteiger partial charge in [-0.25, -0.2) is 0 Å². The third-order valence-corrected chi connectivity index (χ3v) is 6.66. The molecule has 0 atom stereocenters. The van der Waals surface area contributed by atoms with Gasteiger partial charge in [-0.15, -0.1) is 0 Å². The lowest BCUT2D eigenvalue weighted by Gasteiger charge is -2.56. The molecule has 0 aliphatic heterocycles. The van der Waals surface area contributed by atoms with Gasteiger partial charge in [-0.2, -0.15) is 13.2 Å². The zero-order chi connectivity index (χ0) is 19.9. The number of halogens is 3. The van der Waals surface area contributed by atoms with Crippen molar-refractivity contribution in [2.24, 2.45) is 23.2 Å². The molecule has 4 aliphatic rings. The molecular formula is C21H25F3N2O2. The topological polar surface area (TPSA) is 58.2 Å². The Kier molecular flexibility index (Phi) is 4.88. The third kappa shape index (κ3) is 4.18. The van der Waals surface area contributed by atoms with Crippen LogP contribution >= 0.6 is 0 Å². The fourth-order valence-electron chi connectivity index (χ4n) is 6.12. The van der Waals surface area contributed by atoms with Crippen molar-refractivity contribution in [2.45, 2.75) is 57.5 Å². The minimum Gasteiger partial charge on any atom is -0.273 e. The first-order chi connectivity index (χ1) is 13.2. The summed E-state index contributed by atoms with van der Waals surface area (Å²) in [5.74, 6) is 1.50. The molecule has 2 amide bonds. The lowest BCUT2D eigenvalue weighted by atomic mass is 9.49. The highest BCUT2D eigenvalue weighted by Crippen LogP contribution is 2.61. The summed E-state index contributed by atoms with van der Waals surface area (Å²) in [5.41, 5.74) is 4.35. The molecule has 0 saturated heterocycles. The molecule has 0 heterocycles. The maximum Gasteiger partial charge on any atom is 0.416 e. The minimum atomic E-state index is -4.45. The minimum absolute atomic E-state index is 0.0740. The summed E-state index contributed by atoms with van der Waals surface area (Å²) in [7, 11) is 0. The third-order valence-electron chi connectivity index (χ3n) is 6.66. The molecule has 28 heavy (non-hydrogen) atoms. The monoisotopic (exact) mass is 394 g/mol. The molecule has 1 aromatic rings. The summed E-state index contributed by atoms with van der Waals surface area (Å²) in [6.07, 6.45) is 2.96. The Morgan fingerprint density at radius 2 is 1.54 bits per heavy atom. The van der Waals surface area contributed by atoms with Crippen molar-refractivity contribution in [3.05, 3.63) is 35.4 Å². The van der Waals surface area contributed by atoms with Gasteiger partial charge < -0.3 is 0 Å². The highest BCUT2D eigenvalue weighted by atomic mass is 19.4. The summed E-state index contributed by atoms with van der Waals surface area (Å²) in [4.78, 5) is 24.4. The maximum atomic E-state index is 12.8. The smallest absolute Gasteiger partial charge is 0.273 e. The Morgan fingerprint density at radius 1 is 0.964 bits per heavy atom.